The van der Waals surface area contributed by atoms with Crippen molar-refractivity contribution >= 4 is 27.5 Å². The molecule has 0 spiro atoms. The summed E-state index contributed by atoms with van der Waals surface area (Å²) in [6.45, 7) is 9.03. The van der Waals surface area contributed by atoms with Crippen molar-refractivity contribution in [3.05, 3.63) is 30.3 Å². The lowest BCUT2D eigenvalue weighted by atomic mass is 10.0. The molecule has 3 heterocycles. The number of nitrogens with zero attached hydrogens (tertiary/aromatic N) is 3. The van der Waals surface area contributed by atoms with Gasteiger partial charge >= 0.3 is 0 Å². The number of ether oxygens (including phenoxy) is 1. The number of hydrogen-bond acceptors (Lipinski definition) is 7. The van der Waals surface area contributed by atoms with Gasteiger partial charge in [-0.2, -0.15) is 9.97 Å². The van der Waals surface area contributed by atoms with Gasteiger partial charge in [-0.15, -0.1) is 0 Å². The zero-order valence-corrected chi connectivity index (χ0v) is 19.3. The number of benzene rings is 1. The average Bonchev–Trinajstić information content (AvgIpc) is 3.03. The maximum atomic E-state index is 13.0. The lowest BCUT2D eigenvalue weighted by Gasteiger charge is -2.28. The summed E-state index contributed by atoms with van der Waals surface area (Å²) >= 11 is 0. The van der Waals surface area contributed by atoms with Crippen LogP contribution >= 0.6 is 0 Å². The molecular formula is C22H31N5O3S. The standard InChI is InChI=1S/C22H31N5O3S/c1-14(2)10-18-13-30-21-12-20(27-15(3)8-9-16(27)4)24-22(25-21)26-31(28,29)19-7-5-6-17(11-19)23-18/h5-7,11-12,14-16,18,23H,8-10,13H2,1-4H3,(H,24,25,26)/t15?,16?,18-/m1/s1. The Labute approximate surface area is 184 Å². The summed E-state index contributed by atoms with van der Waals surface area (Å²) in [5.41, 5.74) is 0.739. The van der Waals surface area contributed by atoms with Crippen LogP contribution in [0.2, 0.25) is 0 Å². The lowest BCUT2D eigenvalue weighted by molar-refractivity contribution is 0.271. The van der Waals surface area contributed by atoms with Gasteiger partial charge in [0.25, 0.3) is 10.0 Å². The molecule has 2 aliphatic rings. The first kappa shape index (κ1) is 21.7. The fourth-order valence-electron chi connectivity index (χ4n) is 4.40. The highest BCUT2D eigenvalue weighted by molar-refractivity contribution is 7.92. The van der Waals surface area contributed by atoms with Gasteiger partial charge < -0.3 is 15.0 Å². The smallest absolute Gasteiger partial charge is 0.264 e. The van der Waals surface area contributed by atoms with E-state index in [1.807, 2.05) is 12.1 Å². The highest BCUT2D eigenvalue weighted by atomic mass is 32.2. The van der Waals surface area contributed by atoms with Crippen LogP contribution in [-0.2, 0) is 10.0 Å². The van der Waals surface area contributed by atoms with E-state index >= 15 is 0 Å². The van der Waals surface area contributed by atoms with Crippen LogP contribution in [0, 0.1) is 5.92 Å². The Morgan fingerprint density at radius 1 is 1.16 bits per heavy atom. The number of nitrogens with one attached hydrogen (secondary N) is 2. The lowest BCUT2D eigenvalue weighted by Crippen LogP contribution is -2.34. The van der Waals surface area contributed by atoms with Gasteiger partial charge in [0, 0.05) is 23.8 Å². The minimum absolute atomic E-state index is 0.0110. The van der Waals surface area contributed by atoms with Gasteiger partial charge in [-0.05, 0) is 57.2 Å². The van der Waals surface area contributed by atoms with E-state index in [1.54, 1.807) is 18.2 Å². The second-order valence-electron chi connectivity index (χ2n) is 8.99. The molecule has 0 radical (unpaired) electrons. The van der Waals surface area contributed by atoms with E-state index in [2.05, 4.69) is 52.6 Å². The maximum absolute atomic E-state index is 13.0. The molecule has 9 heteroatoms. The van der Waals surface area contributed by atoms with Crippen LogP contribution in [0.1, 0.15) is 47.0 Å². The Morgan fingerprint density at radius 3 is 2.61 bits per heavy atom. The van der Waals surface area contributed by atoms with E-state index in [0.29, 0.717) is 36.3 Å². The van der Waals surface area contributed by atoms with E-state index in [4.69, 9.17) is 4.74 Å². The highest BCUT2D eigenvalue weighted by Crippen LogP contribution is 2.32. The number of fused-ring (bicyclic) bond motifs is 4. The Balaban J connectivity index is 1.77. The minimum Gasteiger partial charge on any atom is -0.475 e. The van der Waals surface area contributed by atoms with Crippen molar-refractivity contribution in [1.82, 2.24) is 9.97 Å². The molecule has 168 valence electrons. The van der Waals surface area contributed by atoms with E-state index in [1.165, 1.54) is 0 Å². The molecule has 4 bridgehead atoms. The van der Waals surface area contributed by atoms with E-state index in [9.17, 15) is 8.42 Å². The summed E-state index contributed by atoms with van der Waals surface area (Å²) in [7, 11) is -3.84. The van der Waals surface area contributed by atoms with E-state index in [-0.39, 0.29) is 16.9 Å². The van der Waals surface area contributed by atoms with Crippen molar-refractivity contribution < 1.29 is 13.2 Å². The molecule has 0 amide bonds. The SMILES string of the molecule is CC(C)C[C@@H]1COc2cc(N3C(C)CCC3C)nc(n2)NS(=O)(=O)c2cccc(c2)N1. The molecule has 0 aliphatic carbocycles. The van der Waals surface area contributed by atoms with Crippen molar-refractivity contribution in [1.29, 1.82) is 0 Å². The number of anilines is 3. The summed E-state index contributed by atoms with van der Waals surface area (Å²) in [5.74, 6) is 1.52. The molecule has 2 aliphatic heterocycles. The van der Waals surface area contributed by atoms with Crippen LogP contribution in [0.4, 0.5) is 17.5 Å². The second-order valence-corrected chi connectivity index (χ2v) is 10.7. The molecule has 0 saturated carbocycles. The van der Waals surface area contributed by atoms with E-state index < -0.39 is 10.0 Å². The van der Waals surface area contributed by atoms with Crippen LogP contribution in [-0.4, -0.2) is 43.1 Å². The topological polar surface area (TPSA) is 96.4 Å². The predicted octanol–water partition coefficient (Wildman–Crippen LogP) is 3.87. The second kappa shape index (κ2) is 8.53. The molecule has 1 aromatic heterocycles. The first-order valence-electron chi connectivity index (χ1n) is 10.9. The Bertz CT molecular complexity index is 1030. The molecule has 3 atom stereocenters. The highest BCUT2D eigenvalue weighted by Gasteiger charge is 2.30. The third kappa shape index (κ3) is 4.87. The molecule has 8 nitrogen and oxygen atoms in total. The number of rotatable bonds is 3. The van der Waals surface area contributed by atoms with Crippen molar-refractivity contribution in [2.45, 2.75) is 70.0 Å². The molecule has 2 unspecified atom stereocenters. The van der Waals surface area contributed by atoms with Gasteiger partial charge in [0.2, 0.25) is 11.8 Å². The van der Waals surface area contributed by atoms with Gasteiger partial charge in [-0.25, -0.2) is 13.1 Å². The molecule has 1 fully saturated rings. The Morgan fingerprint density at radius 2 is 1.90 bits per heavy atom. The molecular weight excluding hydrogens is 414 g/mol. The first-order valence-corrected chi connectivity index (χ1v) is 12.4. The maximum Gasteiger partial charge on any atom is 0.264 e. The largest absolute Gasteiger partial charge is 0.475 e. The van der Waals surface area contributed by atoms with Gasteiger partial charge in [0.15, 0.2) is 0 Å². The van der Waals surface area contributed by atoms with Gasteiger partial charge in [0.05, 0.1) is 10.9 Å². The molecule has 1 saturated heterocycles. The van der Waals surface area contributed by atoms with Crippen LogP contribution in [0.15, 0.2) is 35.2 Å². The fraction of sp³-hybridized carbons (Fsp3) is 0.545. The summed E-state index contributed by atoms with van der Waals surface area (Å²) < 4.78 is 34.7. The summed E-state index contributed by atoms with van der Waals surface area (Å²) in [5, 5.41) is 3.43. The number of sulfonamides is 1. The third-order valence-corrected chi connectivity index (χ3v) is 7.16. The van der Waals surface area contributed by atoms with Gasteiger partial charge in [-0.1, -0.05) is 19.9 Å². The minimum atomic E-state index is -3.84. The van der Waals surface area contributed by atoms with Crippen molar-refractivity contribution in [2.75, 3.05) is 21.5 Å². The Hall–Kier alpha value is -2.55. The van der Waals surface area contributed by atoms with Gasteiger partial charge in [0.1, 0.15) is 12.4 Å². The monoisotopic (exact) mass is 445 g/mol. The van der Waals surface area contributed by atoms with Crippen molar-refractivity contribution in [3.8, 4) is 5.88 Å². The van der Waals surface area contributed by atoms with Crippen molar-refractivity contribution in [2.24, 2.45) is 5.92 Å². The van der Waals surface area contributed by atoms with Crippen LogP contribution in [0.25, 0.3) is 0 Å². The zero-order chi connectivity index (χ0) is 22.2. The Kier molecular flexibility index (Phi) is 5.96. The van der Waals surface area contributed by atoms with Crippen molar-refractivity contribution in [3.63, 3.8) is 0 Å². The van der Waals surface area contributed by atoms with Crippen LogP contribution in [0.5, 0.6) is 5.88 Å². The summed E-state index contributed by atoms with van der Waals surface area (Å²) in [6.07, 6.45) is 3.01. The molecule has 2 aromatic rings. The molecule has 1 aromatic carbocycles. The molecule has 4 rings (SSSR count). The zero-order valence-electron chi connectivity index (χ0n) is 18.5. The molecule has 2 N–H and O–H groups in total. The fourth-order valence-corrected chi connectivity index (χ4v) is 5.39. The average molecular weight is 446 g/mol. The first-order chi connectivity index (χ1) is 14.7. The normalized spacial score (nSPS) is 25.1. The predicted molar refractivity (Wildman–Crippen MR) is 122 cm³/mol. The quantitative estimate of drug-likeness (QED) is 0.740. The summed E-state index contributed by atoms with van der Waals surface area (Å²) in [4.78, 5) is 11.3. The van der Waals surface area contributed by atoms with Crippen LogP contribution in [0.3, 0.4) is 0 Å². The van der Waals surface area contributed by atoms with Crippen LogP contribution < -0.4 is 19.7 Å². The van der Waals surface area contributed by atoms with Gasteiger partial charge in [-0.3, -0.25) is 0 Å². The third-order valence-electron chi connectivity index (χ3n) is 5.83. The molecule has 31 heavy (non-hydrogen) atoms. The van der Waals surface area contributed by atoms with E-state index in [0.717, 1.165) is 24.9 Å². The number of aromatic nitrogens is 2. The number of hydrogen-bond donors (Lipinski definition) is 2. The summed E-state index contributed by atoms with van der Waals surface area (Å²) in [6, 6.07) is 9.25.